The van der Waals surface area contributed by atoms with Gasteiger partial charge < -0.3 is 19.7 Å². The third-order valence-corrected chi connectivity index (χ3v) is 1.28. The fraction of sp³-hybridized carbons (Fsp3) is 1.00. The fourth-order valence-electron chi connectivity index (χ4n) is 0.700. The second kappa shape index (κ2) is 14.4. The van der Waals surface area contributed by atoms with Gasteiger partial charge in [-0.25, -0.2) is 0 Å². The second-order valence-corrected chi connectivity index (χ2v) is 2.61. The summed E-state index contributed by atoms with van der Waals surface area (Å²) < 4.78 is 9.15. The summed E-state index contributed by atoms with van der Waals surface area (Å²) in [6.07, 6.45) is 1.60. The Morgan fingerprint density at radius 1 is 1.23 bits per heavy atom. The van der Waals surface area contributed by atoms with Gasteiger partial charge in [0.2, 0.25) is 0 Å². The number of hydrogen-bond acceptors (Lipinski definition) is 4. The van der Waals surface area contributed by atoms with E-state index in [1.54, 1.807) is 14.2 Å². The van der Waals surface area contributed by atoms with E-state index >= 15 is 0 Å². The molecule has 0 spiro atoms. The van der Waals surface area contributed by atoms with E-state index < -0.39 is 0 Å². The molecule has 0 aromatic heterocycles. The first kappa shape index (κ1) is 15.3. The highest BCUT2D eigenvalue weighted by atomic mass is 16.5. The Hall–Kier alpha value is -0.160. The third kappa shape index (κ3) is 18.7. The summed E-state index contributed by atoms with van der Waals surface area (Å²) in [7, 11) is 3.15. The molecule has 0 saturated heterocycles. The van der Waals surface area contributed by atoms with E-state index in [1.807, 2.05) is 6.92 Å². The Balaban J connectivity index is 0. The summed E-state index contributed by atoms with van der Waals surface area (Å²) in [6, 6.07) is 0. The first-order valence-electron chi connectivity index (χ1n) is 4.49. The molecule has 4 nitrogen and oxygen atoms in total. The highest BCUT2D eigenvalue weighted by molar-refractivity contribution is 4.49. The quantitative estimate of drug-likeness (QED) is 0.643. The minimum atomic E-state index is -0.259. The molecule has 0 radical (unpaired) electrons. The summed E-state index contributed by atoms with van der Waals surface area (Å²) in [5.41, 5.74) is 0. The van der Waals surface area contributed by atoms with Crippen molar-refractivity contribution in [1.29, 1.82) is 0 Å². The monoisotopic (exact) mass is 194 g/mol. The van der Waals surface area contributed by atoms with Crippen molar-refractivity contribution in [2.24, 2.45) is 0 Å². The van der Waals surface area contributed by atoms with Gasteiger partial charge in [-0.15, -0.1) is 0 Å². The minimum Gasteiger partial charge on any atom is -0.394 e. The predicted molar refractivity (Wildman–Crippen MR) is 51.8 cm³/mol. The molecule has 0 aliphatic carbocycles. The van der Waals surface area contributed by atoms with Crippen molar-refractivity contribution in [2.45, 2.75) is 25.9 Å². The third-order valence-electron chi connectivity index (χ3n) is 1.28. The summed E-state index contributed by atoms with van der Waals surface area (Å²) in [5, 5.41) is 16.9. The van der Waals surface area contributed by atoms with E-state index in [9.17, 15) is 0 Å². The van der Waals surface area contributed by atoms with Crippen LogP contribution in [0.2, 0.25) is 0 Å². The first-order valence-corrected chi connectivity index (χ1v) is 4.49. The highest BCUT2D eigenvalue weighted by Gasteiger charge is 1.98. The molecule has 1 atom stereocenters. The zero-order valence-electron chi connectivity index (χ0n) is 8.82. The lowest BCUT2D eigenvalue weighted by atomic mass is 10.2. The molecule has 0 saturated carbocycles. The molecule has 0 amide bonds. The van der Waals surface area contributed by atoms with E-state index in [4.69, 9.17) is 14.9 Å². The zero-order valence-corrected chi connectivity index (χ0v) is 8.82. The maximum absolute atomic E-state index is 8.92. The lowest BCUT2D eigenvalue weighted by Crippen LogP contribution is -2.12. The molecule has 4 heteroatoms. The van der Waals surface area contributed by atoms with Crippen LogP contribution in [0.5, 0.6) is 0 Å². The van der Waals surface area contributed by atoms with Crippen molar-refractivity contribution in [1.82, 2.24) is 0 Å². The van der Waals surface area contributed by atoms with Crippen LogP contribution < -0.4 is 0 Å². The van der Waals surface area contributed by atoms with Gasteiger partial charge in [0.1, 0.15) is 0 Å². The van der Waals surface area contributed by atoms with Crippen LogP contribution >= 0.6 is 0 Å². The summed E-state index contributed by atoms with van der Waals surface area (Å²) in [6.45, 7) is 3.07. The van der Waals surface area contributed by atoms with E-state index in [0.717, 1.165) is 12.8 Å². The van der Waals surface area contributed by atoms with Crippen molar-refractivity contribution in [3.05, 3.63) is 0 Å². The average Bonchev–Trinajstić information content (AvgIpc) is 2.08. The van der Waals surface area contributed by atoms with Gasteiger partial charge in [-0.05, 0) is 6.42 Å². The molecule has 1 unspecified atom stereocenters. The van der Waals surface area contributed by atoms with Crippen molar-refractivity contribution in [3.63, 3.8) is 0 Å². The van der Waals surface area contributed by atoms with E-state index in [1.165, 1.54) is 0 Å². The smallest absolute Gasteiger partial charge is 0.0773 e. The Kier molecular flexibility index (Phi) is 16.9. The summed E-state index contributed by atoms with van der Waals surface area (Å²) >= 11 is 0. The van der Waals surface area contributed by atoms with Crippen LogP contribution in [-0.2, 0) is 9.47 Å². The van der Waals surface area contributed by atoms with Crippen molar-refractivity contribution >= 4 is 0 Å². The normalized spacial score (nSPS) is 11.8. The van der Waals surface area contributed by atoms with Crippen LogP contribution in [0.15, 0.2) is 0 Å². The molecule has 0 heterocycles. The van der Waals surface area contributed by atoms with Gasteiger partial charge >= 0.3 is 0 Å². The summed E-state index contributed by atoms with van der Waals surface area (Å²) in [5.74, 6) is 0. The van der Waals surface area contributed by atoms with E-state index in [0.29, 0.717) is 13.2 Å². The molecular formula is C9H22O4. The number of ether oxygens (including phenoxy) is 2. The summed E-state index contributed by atoms with van der Waals surface area (Å²) in [4.78, 5) is 0. The molecule has 0 aromatic carbocycles. The lowest BCUT2D eigenvalue weighted by Gasteiger charge is -2.05. The molecular weight excluding hydrogens is 172 g/mol. The van der Waals surface area contributed by atoms with Crippen LogP contribution in [0.25, 0.3) is 0 Å². The Morgan fingerprint density at radius 2 is 1.85 bits per heavy atom. The number of methoxy groups -OCH3 is 2. The standard InChI is InChI=1S/C6H14O2.C3H8O2/c1-3-4-6(7)5-8-2;1-5-3-2-4/h6-7H,3-5H2,1-2H3;4H,2-3H2,1H3. The molecule has 0 rings (SSSR count). The topological polar surface area (TPSA) is 58.9 Å². The van der Waals surface area contributed by atoms with Crippen molar-refractivity contribution in [2.75, 3.05) is 34.0 Å². The number of rotatable bonds is 6. The molecule has 0 aliphatic heterocycles. The Labute approximate surface area is 80.5 Å². The van der Waals surface area contributed by atoms with Crippen molar-refractivity contribution in [3.8, 4) is 0 Å². The molecule has 13 heavy (non-hydrogen) atoms. The zero-order chi connectivity index (χ0) is 10.5. The first-order chi connectivity index (χ1) is 6.22. The van der Waals surface area contributed by atoms with Gasteiger partial charge in [0.25, 0.3) is 0 Å². The fourth-order valence-corrected chi connectivity index (χ4v) is 0.700. The lowest BCUT2D eigenvalue weighted by molar-refractivity contribution is 0.0589. The number of aliphatic hydroxyl groups is 2. The average molecular weight is 194 g/mol. The highest BCUT2D eigenvalue weighted by Crippen LogP contribution is 1.94. The minimum absolute atomic E-state index is 0.122. The van der Waals surface area contributed by atoms with Gasteiger partial charge in [0, 0.05) is 14.2 Å². The SMILES string of the molecule is CCCC(O)COC.COCCO. The van der Waals surface area contributed by atoms with Crippen molar-refractivity contribution < 1.29 is 19.7 Å². The van der Waals surface area contributed by atoms with Crippen LogP contribution in [0, 0.1) is 0 Å². The van der Waals surface area contributed by atoms with Gasteiger partial charge in [0.15, 0.2) is 0 Å². The van der Waals surface area contributed by atoms with E-state index in [2.05, 4.69) is 4.74 Å². The largest absolute Gasteiger partial charge is 0.394 e. The molecule has 0 aromatic rings. The van der Waals surface area contributed by atoms with Crippen LogP contribution in [0.4, 0.5) is 0 Å². The molecule has 0 aliphatic rings. The van der Waals surface area contributed by atoms with Crippen LogP contribution in [-0.4, -0.2) is 50.4 Å². The molecule has 0 fully saturated rings. The van der Waals surface area contributed by atoms with Gasteiger partial charge in [0.05, 0.1) is 25.9 Å². The van der Waals surface area contributed by atoms with Gasteiger partial charge in [-0.2, -0.15) is 0 Å². The Bertz CT molecular complexity index is 70.0. The number of aliphatic hydroxyl groups excluding tert-OH is 2. The maximum Gasteiger partial charge on any atom is 0.0773 e. The molecule has 2 N–H and O–H groups in total. The van der Waals surface area contributed by atoms with Gasteiger partial charge in [-0.3, -0.25) is 0 Å². The van der Waals surface area contributed by atoms with Crippen LogP contribution in [0.1, 0.15) is 19.8 Å². The van der Waals surface area contributed by atoms with Gasteiger partial charge in [-0.1, -0.05) is 13.3 Å². The molecule has 82 valence electrons. The number of hydrogen-bond donors (Lipinski definition) is 2. The van der Waals surface area contributed by atoms with Crippen LogP contribution in [0.3, 0.4) is 0 Å². The Morgan fingerprint density at radius 3 is 2.08 bits per heavy atom. The maximum atomic E-state index is 8.92. The second-order valence-electron chi connectivity index (χ2n) is 2.61. The van der Waals surface area contributed by atoms with E-state index in [-0.39, 0.29) is 12.7 Å². The molecule has 0 bridgehead atoms. The predicted octanol–water partition coefficient (Wildman–Crippen LogP) is 0.419.